The maximum absolute atomic E-state index is 12.8. The number of hydrogen-bond acceptors (Lipinski definition) is 7. The van der Waals surface area contributed by atoms with Crippen LogP contribution in [0.2, 0.25) is 5.02 Å². The Hall–Kier alpha value is -2.83. The molecule has 0 fully saturated rings. The van der Waals surface area contributed by atoms with Crippen LogP contribution in [0.3, 0.4) is 0 Å². The van der Waals surface area contributed by atoms with Crippen LogP contribution < -0.4 is 19.1 Å². The zero-order valence-electron chi connectivity index (χ0n) is 18.8. The number of rotatable bonds is 10. The summed E-state index contributed by atoms with van der Waals surface area (Å²) < 4.78 is 42.4. The molecule has 3 rings (SSSR count). The number of benzene rings is 3. The van der Waals surface area contributed by atoms with E-state index in [4.69, 9.17) is 25.3 Å². The van der Waals surface area contributed by atoms with Crippen LogP contribution >= 0.6 is 34.2 Å². The molecule has 0 heterocycles. The van der Waals surface area contributed by atoms with E-state index in [9.17, 15) is 13.2 Å². The van der Waals surface area contributed by atoms with Gasteiger partial charge in [-0.1, -0.05) is 29.3 Å². The van der Waals surface area contributed by atoms with Crippen molar-refractivity contribution < 1.29 is 26.9 Å². The first-order valence-electron chi connectivity index (χ1n) is 10.4. The quantitative estimate of drug-likeness (QED) is 0.148. The lowest BCUT2D eigenvalue weighted by atomic mass is 10.2. The van der Waals surface area contributed by atoms with Gasteiger partial charge in [0, 0.05) is 5.02 Å². The summed E-state index contributed by atoms with van der Waals surface area (Å²) in [5.74, 6) is 0.347. The molecule has 3 aromatic rings. The number of hydrogen-bond donors (Lipinski definition) is 1. The van der Waals surface area contributed by atoms with Crippen molar-refractivity contribution in [2.75, 3.05) is 13.2 Å². The molecule has 184 valence electrons. The predicted octanol–water partition coefficient (Wildman–Crippen LogP) is 4.95. The highest BCUT2D eigenvalue weighted by Crippen LogP contribution is 2.36. The zero-order valence-corrected chi connectivity index (χ0v) is 22.6. The van der Waals surface area contributed by atoms with Gasteiger partial charge in [-0.2, -0.15) is 13.5 Å². The third-order valence-corrected chi connectivity index (χ3v) is 6.71. The highest BCUT2D eigenvalue weighted by atomic mass is 127. The summed E-state index contributed by atoms with van der Waals surface area (Å²) in [5, 5.41) is 4.49. The highest BCUT2D eigenvalue weighted by Gasteiger charge is 2.22. The van der Waals surface area contributed by atoms with Crippen molar-refractivity contribution in [2.45, 2.75) is 18.7 Å². The number of halogens is 2. The second kappa shape index (κ2) is 12.2. The fourth-order valence-electron chi connectivity index (χ4n) is 2.76. The van der Waals surface area contributed by atoms with E-state index in [0.29, 0.717) is 19.9 Å². The maximum Gasteiger partial charge on any atom is 0.339 e. The fraction of sp³-hybridized carbons (Fsp3) is 0.167. The third kappa shape index (κ3) is 7.84. The molecule has 8 nitrogen and oxygen atoms in total. The van der Waals surface area contributed by atoms with Gasteiger partial charge >= 0.3 is 10.1 Å². The molecular formula is C24H22ClIN2O6S. The Kier molecular flexibility index (Phi) is 9.35. The molecule has 0 atom stereocenters. The van der Waals surface area contributed by atoms with E-state index in [1.54, 1.807) is 55.5 Å². The Balaban J connectivity index is 1.69. The Morgan fingerprint density at radius 3 is 2.43 bits per heavy atom. The van der Waals surface area contributed by atoms with Crippen molar-refractivity contribution >= 4 is 56.4 Å². The molecule has 11 heteroatoms. The summed E-state index contributed by atoms with van der Waals surface area (Å²) in [5.41, 5.74) is 3.87. The van der Waals surface area contributed by atoms with Gasteiger partial charge in [0.2, 0.25) is 0 Å². The van der Waals surface area contributed by atoms with Crippen molar-refractivity contribution in [3.8, 4) is 17.2 Å². The Morgan fingerprint density at radius 1 is 1.09 bits per heavy atom. The lowest BCUT2D eigenvalue weighted by Crippen LogP contribution is -2.24. The van der Waals surface area contributed by atoms with Gasteiger partial charge in [0.25, 0.3) is 5.91 Å². The second-order valence-corrected chi connectivity index (χ2v) is 10.3. The molecule has 1 N–H and O–H groups in total. The van der Waals surface area contributed by atoms with E-state index in [0.717, 1.165) is 5.56 Å². The number of carbonyl (C=O) groups excluding carboxylic acids is 1. The van der Waals surface area contributed by atoms with E-state index in [1.165, 1.54) is 18.3 Å². The summed E-state index contributed by atoms with van der Waals surface area (Å²) in [6, 6.07) is 16.2. The largest absolute Gasteiger partial charge is 0.490 e. The minimum Gasteiger partial charge on any atom is -0.490 e. The molecule has 0 aliphatic heterocycles. The zero-order chi connectivity index (χ0) is 25.4. The van der Waals surface area contributed by atoms with Crippen molar-refractivity contribution in [1.82, 2.24) is 5.43 Å². The van der Waals surface area contributed by atoms with Gasteiger partial charge in [0.15, 0.2) is 18.1 Å². The molecule has 0 aliphatic carbocycles. The van der Waals surface area contributed by atoms with Gasteiger partial charge in [-0.3, -0.25) is 4.79 Å². The summed E-state index contributed by atoms with van der Waals surface area (Å²) in [7, 11) is -4.06. The molecule has 0 unspecified atom stereocenters. The number of nitrogens with zero attached hydrogens (tertiary/aromatic N) is 1. The number of hydrazone groups is 1. The van der Waals surface area contributed by atoms with E-state index in [2.05, 4.69) is 10.5 Å². The summed E-state index contributed by atoms with van der Waals surface area (Å²) in [6.45, 7) is 3.69. The molecule has 35 heavy (non-hydrogen) atoms. The molecule has 1 amide bonds. The summed E-state index contributed by atoms with van der Waals surface area (Å²) in [6.07, 6.45) is 1.41. The number of carbonyl (C=O) groups is 1. The van der Waals surface area contributed by atoms with E-state index < -0.39 is 16.0 Å². The Morgan fingerprint density at radius 2 is 1.77 bits per heavy atom. The van der Waals surface area contributed by atoms with Crippen LogP contribution in [0.1, 0.15) is 18.1 Å². The molecule has 0 aliphatic rings. The number of nitrogens with one attached hydrogen (secondary N) is 1. The van der Waals surface area contributed by atoms with Crippen LogP contribution in [0.4, 0.5) is 0 Å². The van der Waals surface area contributed by atoms with Gasteiger partial charge in [0.1, 0.15) is 10.6 Å². The van der Waals surface area contributed by atoms with Gasteiger partial charge in [-0.05, 0) is 90.5 Å². The molecule has 3 aromatic carbocycles. The van der Waals surface area contributed by atoms with Crippen LogP contribution in [0, 0.1) is 10.5 Å². The fourth-order valence-corrected chi connectivity index (χ4v) is 4.73. The number of ether oxygens (including phenoxy) is 2. The van der Waals surface area contributed by atoms with E-state index in [-0.39, 0.29) is 29.6 Å². The molecule has 0 saturated heterocycles. The third-order valence-electron chi connectivity index (χ3n) is 4.42. The smallest absolute Gasteiger partial charge is 0.339 e. The van der Waals surface area contributed by atoms with Crippen molar-refractivity contribution in [1.29, 1.82) is 0 Å². The number of aryl methyl sites for hydroxylation is 1. The van der Waals surface area contributed by atoms with Crippen LogP contribution in [-0.4, -0.2) is 33.8 Å². The average molecular weight is 629 g/mol. The minimum atomic E-state index is -4.06. The SMILES string of the molecule is CCOc1cc(/C=N\NC(=O)COc2ccc(Cl)cc2)cc(I)c1OS(=O)(=O)c1ccc(C)cc1. The standard InChI is InChI=1S/C24H22ClIN2O6S/c1-3-32-22-13-17(14-27-28-23(29)15-33-19-8-6-18(25)7-9-19)12-21(26)24(22)34-35(30,31)20-10-4-16(2)5-11-20/h4-14H,3,15H2,1-2H3,(H,28,29)/b27-14-. The number of amides is 1. The van der Waals surface area contributed by atoms with Crippen LogP contribution in [-0.2, 0) is 14.9 Å². The van der Waals surface area contributed by atoms with Crippen LogP contribution in [0.15, 0.2) is 70.7 Å². The molecule has 0 spiro atoms. The van der Waals surface area contributed by atoms with Crippen molar-refractivity contribution in [3.63, 3.8) is 0 Å². The Labute approximate surface area is 222 Å². The molecule has 0 saturated carbocycles. The second-order valence-electron chi connectivity index (χ2n) is 7.15. The molecular weight excluding hydrogens is 607 g/mol. The lowest BCUT2D eigenvalue weighted by molar-refractivity contribution is -0.123. The summed E-state index contributed by atoms with van der Waals surface area (Å²) >= 11 is 7.77. The first-order chi connectivity index (χ1) is 16.7. The minimum absolute atomic E-state index is 0.0375. The highest BCUT2D eigenvalue weighted by molar-refractivity contribution is 14.1. The summed E-state index contributed by atoms with van der Waals surface area (Å²) in [4.78, 5) is 12.0. The molecule has 0 radical (unpaired) electrons. The monoisotopic (exact) mass is 628 g/mol. The first kappa shape index (κ1) is 26.8. The molecule has 0 aromatic heterocycles. The normalized spacial score (nSPS) is 11.3. The first-order valence-corrected chi connectivity index (χ1v) is 13.2. The van der Waals surface area contributed by atoms with E-state index in [1.807, 2.05) is 29.5 Å². The molecule has 0 bridgehead atoms. The van der Waals surface area contributed by atoms with Gasteiger partial charge in [0.05, 0.1) is 16.4 Å². The van der Waals surface area contributed by atoms with Crippen molar-refractivity contribution in [2.24, 2.45) is 5.10 Å². The van der Waals surface area contributed by atoms with Crippen LogP contribution in [0.25, 0.3) is 0 Å². The lowest BCUT2D eigenvalue weighted by Gasteiger charge is -2.14. The maximum atomic E-state index is 12.8. The van der Waals surface area contributed by atoms with Gasteiger partial charge in [-0.25, -0.2) is 5.43 Å². The van der Waals surface area contributed by atoms with Gasteiger partial charge < -0.3 is 13.7 Å². The predicted molar refractivity (Wildman–Crippen MR) is 142 cm³/mol. The topological polar surface area (TPSA) is 103 Å². The average Bonchev–Trinajstić information content (AvgIpc) is 2.81. The Bertz CT molecular complexity index is 1310. The van der Waals surface area contributed by atoms with Crippen molar-refractivity contribution in [3.05, 3.63) is 80.4 Å². The van der Waals surface area contributed by atoms with E-state index >= 15 is 0 Å². The van der Waals surface area contributed by atoms with Crippen LogP contribution in [0.5, 0.6) is 17.2 Å². The van der Waals surface area contributed by atoms with Gasteiger partial charge in [-0.15, -0.1) is 0 Å².